The van der Waals surface area contributed by atoms with Gasteiger partial charge in [0.2, 0.25) is 0 Å². The molecule has 3 heteroatoms. The topological polar surface area (TPSA) is 18.5 Å². The summed E-state index contributed by atoms with van der Waals surface area (Å²) >= 11 is 0. The van der Waals surface area contributed by atoms with Gasteiger partial charge in [-0.05, 0) is 31.0 Å². The Morgan fingerprint density at radius 3 is 2.35 bits per heavy atom. The van der Waals surface area contributed by atoms with Crippen LogP contribution in [0.15, 0.2) is 12.3 Å². The lowest BCUT2D eigenvalue weighted by Gasteiger charge is -2.26. The van der Waals surface area contributed by atoms with Gasteiger partial charge in [0.05, 0.1) is 0 Å². The smallest absolute Gasteiger partial charge is 0.361 e. The van der Waals surface area contributed by atoms with E-state index in [0.29, 0.717) is 5.92 Å². The molecular weight excluding hydrogens is 228 g/mol. The van der Waals surface area contributed by atoms with Gasteiger partial charge in [0, 0.05) is 13.2 Å². The van der Waals surface area contributed by atoms with Gasteiger partial charge in [-0.15, -0.1) is 6.58 Å². The maximum Gasteiger partial charge on any atom is 0.361 e. The van der Waals surface area contributed by atoms with Gasteiger partial charge in [0.25, 0.3) is 0 Å². The lowest BCUT2D eigenvalue weighted by molar-refractivity contribution is 0.152. The molecule has 0 fully saturated rings. The van der Waals surface area contributed by atoms with Crippen molar-refractivity contribution < 1.29 is 8.85 Å². The van der Waals surface area contributed by atoms with Gasteiger partial charge in [-0.1, -0.05) is 40.0 Å². The highest BCUT2D eigenvalue weighted by Gasteiger charge is 2.28. The van der Waals surface area contributed by atoms with Gasteiger partial charge in [-0.3, -0.25) is 0 Å². The van der Waals surface area contributed by atoms with E-state index in [2.05, 4.69) is 33.9 Å². The quantitative estimate of drug-likeness (QED) is 0.510. The number of unbranched alkanes of at least 4 members (excludes halogenated alkanes) is 1. The zero-order chi connectivity index (χ0) is 13.1. The van der Waals surface area contributed by atoms with Crippen molar-refractivity contribution in [3.8, 4) is 0 Å². The van der Waals surface area contributed by atoms with Crippen LogP contribution in [0, 0.1) is 5.92 Å². The summed E-state index contributed by atoms with van der Waals surface area (Å²) in [4.78, 5) is 0. The van der Waals surface area contributed by atoms with Crippen LogP contribution in [0.1, 0.15) is 52.9 Å². The Morgan fingerprint density at radius 2 is 1.88 bits per heavy atom. The fourth-order valence-corrected chi connectivity index (χ4v) is 3.14. The summed E-state index contributed by atoms with van der Waals surface area (Å²) in [6, 6.07) is 0. The minimum atomic E-state index is -2.10. The summed E-state index contributed by atoms with van der Waals surface area (Å²) in [6.45, 7) is 14.2. The molecule has 0 amide bonds. The SMILES string of the molecule is C=C[Si](C)(OCCC)OCC(CC)CCCC. The fraction of sp³-hybridized carbons (Fsp3) is 0.857. The first-order valence-electron chi connectivity index (χ1n) is 7.03. The van der Waals surface area contributed by atoms with Crippen LogP contribution in [0.2, 0.25) is 6.55 Å². The standard InChI is InChI=1S/C14H30O2Si/c1-6-10-11-14(8-3)13-16-17(5,9-4)15-12-7-2/h9,14H,4,6-8,10-13H2,1-3,5H3. The van der Waals surface area contributed by atoms with E-state index in [4.69, 9.17) is 8.85 Å². The average molecular weight is 258 g/mol. The Morgan fingerprint density at radius 1 is 1.18 bits per heavy atom. The minimum absolute atomic E-state index is 0.673. The highest BCUT2D eigenvalue weighted by Crippen LogP contribution is 2.17. The molecule has 0 radical (unpaired) electrons. The molecule has 2 nitrogen and oxygen atoms in total. The molecule has 2 unspecified atom stereocenters. The normalized spacial score (nSPS) is 16.5. The van der Waals surface area contributed by atoms with Crippen molar-refractivity contribution >= 4 is 8.56 Å². The van der Waals surface area contributed by atoms with E-state index in [1.807, 2.05) is 5.70 Å². The zero-order valence-corrected chi connectivity index (χ0v) is 13.1. The van der Waals surface area contributed by atoms with Gasteiger partial charge in [-0.2, -0.15) is 0 Å². The van der Waals surface area contributed by atoms with Crippen LogP contribution in [0.5, 0.6) is 0 Å². The number of hydrogen-bond acceptors (Lipinski definition) is 2. The van der Waals surface area contributed by atoms with Crippen molar-refractivity contribution in [2.24, 2.45) is 5.92 Å². The highest BCUT2D eigenvalue weighted by molar-refractivity contribution is 6.71. The zero-order valence-electron chi connectivity index (χ0n) is 12.1. The van der Waals surface area contributed by atoms with Crippen LogP contribution in [0.4, 0.5) is 0 Å². The summed E-state index contributed by atoms with van der Waals surface area (Å²) in [6.07, 6.45) is 6.05. The molecular formula is C14H30O2Si. The van der Waals surface area contributed by atoms with Crippen LogP contribution < -0.4 is 0 Å². The predicted molar refractivity (Wildman–Crippen MR) is 77.3 cm³/mol. The van der Waals surface area contributed by atoms with Gasteiger partial charge >= 0.3 is 8.56 Å². The monoisotopic (exact) mass is 258 g/mol. The molecule has 0 aromatic heterocycles. The van der Waals surface area contributed by atoms with Crippen LogP contribution in [-0.4, -0.2) is 21.8 Å². The second-order valence-electron chi connectivity index (χ2n) is 4.80. The van der Waals surface area contributed by atoms with Crippen molar-refractivity contribution in [3.05, 3.63) is 12.3 Å². The lowest BCUT2D eigenvalue weighted by atomic mass is 10.0. The maximum atomic E-state index is 6.03. The average Bonchev–Trinajstić information content (AvgIpc) is 2.36. The maximum absolute atomic E-state index is 6.03. The highest BCUT2D eigenvalue weighted by atomic mass is 28.4. The van der Waals surface area contributed by atoms with Gasteiger partial charge in [0.1, 0.15) is 0 Å². The summed E-state index contributed by atoms with van der Waals surface area (Å²) in [5, 5.41) is 0. The molecule has 0 aromatic carbocycles. The van der Waals surface area contributed by atoms with E-state index < -0.39 is 8.56 Å². The molecule has 0 spiro atoms. The Bertz CT molecular complexity index is 197. The first-order valence-corrected chi connectivity index (χ1v) is 9.42. The van der Waals surface area contributed by atoms with Crippen molar-refractivity contribution in [2.45, 2.75) is 59.4 Å². The predicted octanol–water partition coefficient (Wildman–Crippen LogP) is 4.44. The summed E-state index contributed by atoms with van der Waals surface area (Å²) in [5.41, 5.74) is 1.90. The molecule has 0 rings (SSSR count). The third-order valence-corrected chi connectivity index (χ3v) is 5.37. The minimum Gasteiger partial charge on any atom is -0.391 e. The van der Waals surface area contributed by atoms with Crippen molar-refractivity contribution in [2.75, 3.05) is 13.2 Å². The molecule has 0 aliphatic carbocycles. The van der Waals surface area contributed by atoms with E-state index in [9.17, 15) is 0 Å². The van der Waals surface area contributed by atoms with Gasteiger partial charge in [0.15, 0.2) is 0 Å². The Labute approximate surface area is 109 Å². The Hall–Kier alpha value is -0.123. The van der Waals surface area contributed by atoms with Crippen LogP contribution in [0.3, 0.4) is 0 Å². The summed E-state index contributed by atoms with van der Waals surface area (Å²) < 4.78 is 11.9. The molecule has 0 bridgehead atoms. The molecule has 0 heterocycles. The fourth-order valence-electron chi connectivity index (χ4n) is 1.65. The second-order valence-corrected chi connectivity index (χ2v) is 7.81. The van der Waals surface area contributed by atoms with Crippen LogP contribution >= 0.6 is 0 Å². The largest absolute Gasteiger partial charge is 0.391 e. The molecule has 0 aliphatic heterocycles. The molecule has 0 saturated carbocycles. The van der Waals surface area contributed by atoms with Crippen molar-refractivity contribution in [1.29, 1.82) is 0 Å². The van der Waals surface area contributed by atoms with E-state index in [1.165, 1.54) is 25.7 Å². The van der Waals surface area contributed by atoms with Gasteiger partial charge in [-0.25, -0.2) is 0 Å². The van der Waals surface area contributed by atoms with Crippen LogP contribution in [-0.2, 0) is 8.85 Å². The number of hydrogen-bond donors (Lipinski definition) is 0. The van der Waals surface area contributed by atoms with Crippen LogP contribution in [0.25, 0.3) is 0 Å². The Kier molecular flexibility index (Phi) is 9.79. The molecule has 0 N–H and O–H groups in total. The molecule has 0 aromatic rings. The Balaban J connectivity index is 4.04. The van der Waals surface area contributed by atoms with E-state index >= 15 is 0 Å². The second kappa shape index (κ2) is 9.86. The first-order chi connectivity index (χ1) is 8.11. The van der Waals surface area contributed by atoms with Crippen molar-refractivity contribution in [3.63, 3.8) is 0 Å². The van der Waals surface area contributed by atoms with E-state index in [0.717, 1.165) is 19.6 Å². The third kappa shape index (κ3) is 7.74. The van der Waals surface area contributed by atoms with E-state index in [1.54, 1.807) is 0 Å². The molecule has 2 atom stereocenters. The lowest BCUT2D eigenvalue weighted by Crippen LogP contribution is -2.38. The third-order valence-electron chi connectivity index (χ3n) is 3.11. The molecule has 0 aliphatic rings. The molecule has 102 valence electrons. The summed E-state index contributed by atoms with van der Waals surface area (Å²) in [7, 11) is -2.10. The summed E-state index contributed by atoms with van der Waals surface area (Å²) in [5.74, 6) is 0.673. The van der Waals surface area contributed by atoms with Gasteiger partial charge < -0.3 is 8.85 Å². The molecule has 0 saturated heterocycles. The van der Waals surface area contributed by atoms with Crippen molar-refractivity contribution in [1.82, 2.24) is 0 Å². The first kappa shape index (κ1) is 16.9. The number of rotatable bonds is 11. The van der Waals surface area contributed by atoms with E-state index in [-0.39, 0.29) is 0 Å². The molecule has 17 heavy (non-hydrogen) atoms.